The molecule has 0 saturated carbocycles. The highest BCUT2D eigenvalue weighted by Crippen LogP contribution is 2.50. The summed E-state index contributed by atoms with van der Waals surface area (Å²) < 4.78 is 0. The van der Waals surface area contributed by atoms with Gasteiger partial charge in [-0.2, -0.15) is 0 Å². The van der Waals surface area contributed by atoms with Crippen LogP contribution < -0.4 is 0 Å². The number of hydrogen-bond acceptors (Lipinski definition) is 1. The van der Waals surface area contributed by atoms with E-state index in [1.54, 1.807) is 0 Å². The fraction of sp³-hybridized carbons (Fsp3) is 0.133. The lowest BCUT2D eigenvalue weighted by Gasteiger charge is -2.22. The quantitative estimate of drug-likeness (QED) is 0.190. The summed E-state index contributed by atoms with van der Waals surface area (Å²) in [4.78, 5) is 5.59. The third kappa shape index (κ3) is 3.78. The average molecular weight is 590 g/mol. The lowest BCUT2D eigenvalue weighted by atomic mass is 9.81. The maximum Gasteiger partial charge on any atom is 0.0788 e. The van der Waals surface area contributed by atoms with E-state index in [4.69, 9.17) is 4.99 Å². The minimum Gasteiger partial charge on any atom is -0.247 e. The van der Waals surface area contributed by atoms with E-state index in [0.717, 1.165) is 28.1 Å². The number of nitrogens with zero attached hydrogens (tertiary/aromatic N) is 1. The van der Waals surface area contributed by atoms with Gasteiger partial charge in [0, 0.05) is 27.5 Å². The van der Waals surface area contributed by atoms with E-state index < -0.39 is 0 Å². The van der Waals surface area contributed by atoms with Crippen LogP contribution in [0, 0.1) is 0 Å². The van der Waals surface area contributed by atoms with E-state index in [1.807, 2.05) is 0 Å². The van der Waals surface area contributed by atoms with Gasteiger partial charge in [0.2, 0.25) is 0 Å². The van der Waals surface area contributed by atoms with Gasteiger partial charge in [-0.3, -0.25) is 0 Å². The van der Waals surface area contributed by atoms with Gasteiger partial charge in [-0.25, -0.2) is 4.99 Å². The van der Waals surface area contributed by atoms with Crippen molar-refractivity contribution in [2.24, 2.45) is 4.99 Å². The number of fused-ring (bicyclic) bond motifs is 9. The van der Waals surface area contributed by atoms with E-state index in [2.05, 4.69) is 167 Å². The molecule has 0 aromatic heterocycles. The standard InChI is InChI=1S/C45H35N/c1-44(2)38-19-11-9-15-32(38)34-23-21-28(25-40(34)44)26-42-36-17-7-5-13-30(36)31-14-6-8-18-37(31)43(46-42)29-22-24-35-33-16-10-12-20-39(33)45(3,4)41(35)27-29/h5-27H,1-4H3/b42-26-. The first kappa shape index (κ1) is 27.1. The van der Waals surface area contributed by atoms with Gasteiger partial charge in [0.15, 0.2) is 0 Å². The number of aliphatic imine (C=N–C) groups is 1. The van der Waals surface area contributed by atoms with Crippen LogP contribution in [0.4, 0.5) is 0 Å². The second kappa shape index (κ2) is 9.61. The maximum absolute atomic E-state index is 5.59. The first-order valence-electron chi connectivity index (χ1n) is 16.3. The fourth-order valence-corrected chi connectivity index (χ4v) is 8.26. The summed E-state index contributed by atoms with van der Waals surface area (Å²) in [6, 6.07) is 49.1. The number of hydrogen-bond donors (Lipinski definition) is 0. The van der Waals surface area contributed by atoms with Gasteiger partial charge in [-0.05, 0) is 73.3 Å². The van der Waals surface area contributed by atoms with E-state index in [-0.39, 0.29) is 10.8 Å². The van der Waals surface area contributed by atoms with Gasteiger partial charge >= 0.3 is 0 Å². The molecule has 6 aromatic carbocycles. The molecule has 3 aliphatic rings. The van der Waals surface area contributed by atoms with Crippen molar-refractivity contribution in [3.8, 4) is 33.4 Å². The molecule has 1 nitrogen and oxygen atoms in total. The normalized spacial score (nSPS) is 16.8. The smallest absolute Gasteiger partial charge is 0.0788 e. The van der Waals surface area contributed by atoms with Crippen molar-refractivity contribution in [2.45, 2.75) is 38.5 Å². The van der Waals surface area contributed by atoms with Crippen molar-refractivity contribution < 1.29 is 0 Å². The molecule has 46 heavy (non-hydrogen) atoms. The van der Waals surface area contributed by atoms with Crippen LogP contribution in [-0.4, -0.2) is 5.71 Å². The molecule has 9 rings (SSSR count). The molecule has 220 valence electrons. The summed E-state index contributed by atoms with van der Waals surface area (Å²) in [7, 11) is 0. The minimum absolute atomic E-state index is 0.0543. The summed E-state index contributed by atoms with van der Waals surface area (Å²) in [5, 5.41) is 0. The van der Waals surface area contributed by atoms with Gasteiger partial charge in [-0.1, -0.05) is 155 Å². The second-order valence-electron chi connectivity index (χ2n) is 14.0. The molecule has 0 fully saturated rings. The van der Waals surface area contributed by atoms with Crippen LogP contribution in [0.2, 0.25) is 0 Å². The molecule has 1 heteroatoms. The fourth-order valence-electron chi connectivity index (χ4n) is 8.26. The highest BCUT2D eigenvalue weighted by Gasteiger charge is 2.37. The van der Waals surface area contributed by atoms with Gasteiger partial charge in [0.25, 0.3) is 0 Å². The molecule has 1 aliphatic heterocycles. The summed E-state index contributed by atoms with van der Waals surface area (Å²) in [5.41, 5.74) is 19.8. The molecule has 0 radical (unpaired) electrons. The minimum atomic E-state index is -0.0802. The van der Waals surface area contributed by atoms with Gasteiger partial charge in [0.05, 0.1) is 11.4 Å². The Labute approximate surface area is 271 Å². The molecule has 0 N–H and O–H groups in total. The zero-order chi connectivity index (χ0) is 31.2. The van der Waals surface area contributed by atoms with Gasteiger partial charge in [-0.15, -0.1) is 0 Å². The topological polar surface area (TPSA) is 12.4 Å². The number of rotatable bonds is 2. The lowest BCUT2D eigenvalue weighted by molar-refractivity contribution is 0.660. The predicted molar refractivity (Wildman–Crippen MR) is 193 cm³/mol. The van der Waals surface area contributed by atoms with Crippen molar-refractivity contribution in [1.82, 2.24) is 0 Å². The Bertz CT molecular complexity index is 2310. The van der Waals surface area contributed by atoms with Gasteiger partial charge < -0.3 is 0 Å². The van der Waals surface area contributed by atoms with Crippen LogP contribution in [0.3, 0.4) is 0 Å². The average Bonchev–Trinajstić information content (AvgIpc) is 3.39. The van der Waals surface area contributed by atoms with E-state index in [1.165, 1.54) is 61.2 Å². The second-order valence-corrected chi connectivity index (χ2v) is 14.0. The van der Waals surface area contributed by atoms with Crippen molar-refractivity contribution in [3.63, 3.8) is 0 Å². The molecule has 6 aromatic rings. The molecule has 0 amide bonds. The Kier molecular flexibility index (Phi) is 5.66. The molecular formula is C45H35N. The molecule has 2 aliphatic carbocycles. The highest BCUT2D eigenvalue weighted by atomic mass is 14.8. The van der Waals surface area contributed by atoms with Crippen LogP contribution in [0.1, 0.15) is 72.2 Å². The summed E-state index contributed by atoms with van der Waals surface area (Å²) >= 11 is 0. The van der Waals surface area contributed by atoms with Crippen LogP contribution in [0.25, 0.3) is 45.2 Å². The molecule has 0 atom stereocenters. The van der Waals surface area contributed by atoms with Crippen molar-refractivity contribution in [3.05, 3.63) is 178 Å². The Balaban J connectivity index is 1.25. The summed E-state index contributed by atoms with van der Waals surface area (Å²) in [6.45, 7) is 9.38. The molecule has 0 saturated heterocycles. The Morgan fingerprint density at radius 1 is 0.413 bits per heavy atom. The Hall–Kier alpha value is -5.27. The molecule has 0 bridgehead atoms. The van der Waals surface area contributed by atoms with Crippen LogP contribution >= 0.6 is 0 Å². The monoisotopic (exact) mass is 589 g/mol. The van der Waals surface area contributed by atoms with Gasteiger partial charge in [0.1, 0.15) is 0 Å². The first-order chi connectivity index (χ1) is 22.3. The van der Waals surface area contributed by atoms with Crippen molar-refractivity contribution in [2.75, 3.05) is 0 Å². The largest absolute Gasteiger partial charge is 0.247 e. The van der Waals surface area contributed by atoms with E-state index >= 15 is 0 Å². The summed E-state index contributed by atoms with van der Waals surface area (Å²) in [6.07, 6.45) is 2.29. The zero-order valence-electron chi connectivity index (χ0n) is 26.7. The third-order valence-corrected chi connectivity index (χ3v) is 10.7. The zero-order valence-corrected chi connectivity index (χ0v) is 26.7. The molecule has 0 spiro atoms. The Morgan fingerprint density at radius 3 is 1.50 bits per heavy atom. The predicted octanol–water partition coefficient (Wildman–Crippen LogP) is 11.3. The first-order valence-corrected chi connectivity index (χ1v) is 16.3. The molecule has 0 unspecified atom stereocenters. The van der Waals surface area contributed by atoms with E-state index in [9.17, 15) is 0 Å². The Morgan fingerprint density at radius 2 is 0.870 bits per heavy atom. The van der Waals surface area contributed by atoms with Crippen molar-refractivity contribution in [1.29, 1.82) is 0 Å². The third-order valence-electron chi connectivity index (χ3n) is 10.7. The molecule has 1 heterocycles. The van der Waals surface area contributed by atoms with E-state index in [0.29, 0.717) is 0 Å². The highest BCUT2D eigenvalue weighted by molar-refractivity contribution is 6.20. The lowest BCUT2D eigenvalue weighted by Crippen LogP contribution is -2.16. The summed E-state index contributed by atoms with van der Waals surface area (Å²) in [5.74, 6) is 0. The van der Waals surface area contributed by atoms with Crippen LogP contribution in [0.5, 0.6) is 0 Å². The van der Waals surface area contributed by atoms with Crippen LogP contribution in [0.15, 0.2) is 138 Å². The van der Waals surface area contributed by atoms with Crippen molar-refractivity contribution >= 4 is 17.5 Å². The SMILES string of the molecule is CC1(C)c2ccccc2-c2ccc(/C=C3\N=C(c4ccc5c(c4)C(C)(C)c4ccccc4-5)c4ccccc4-c4ccccc43)cc21. The van der Waals surface area contributed by atoms with Crippen LogP contribution in [-0.2, 0) is 10.8 Å². The maximum atomic E-state index is 5.59. The number of benzene rings is 6. The molecular weight excluding hydrogens is 555 g/mol.